The van der Waals surface area contributed by atoms with Gasteiger partial charge in [0.05, 0.1) is 28.6 Å². The lowest BCUT2D eigenvalue weighted by atomic mass is 10.1. The van der Waals surface area contributed by atoms with Crippen LogP contribution in [-0.4, -0.2) is 42.1 Å². The number of nitro benzene ring substituents is 1. The molecule has 2 aromatic rings. The fourth-order valence-electron chi connectivity index (χ4n) is 3.05. The molecule has 2 atom stereocenters. The van der Waals surface area contributed by atoms with E-state index >= 15 is 0 Å². The van der Waals surface area contributed by atoms with Gasteiger partial charge in [0, 0.05) is 24.4 Å². The summed E-state index contributed by atoms with van der Waals surface area (Å²) in [6, 6.07) is 14.8. The number of hydrogen-bond donors (Lipinski definition) is 1. The Labute approximate surface area is 145 Å². The fraction of sp³-hybridized carbons (Fsp3) is 0.294. The van der Waals surface area contributed by atoms with E-state index in [1.54, 1.807) is 12.1 Å². The van der Waals surface area contributed by atoms with Crippen LogP contribution in [0.1, 0.15) is 5.56 Å². The van der Waals surface area contributed by atoms with Crippen LogP contribution in [0.2, 0.25) is 0 Å². The van der Waals surface area contributed by atoms with Crippen LogP contribution in [0, 0.1) is 10.1 Å². The lowest BCUT2D eigenvalue weighted by Gasteiger charge is -2.32. The number of sulfone groups is 1. The van der Waals surface area contributed by atoms with Crippen LogP contribution in [-0.2, 0) is 16.4 Å². The van der Waals surface area contributed by atoms with Crippen molar-refractivity contribution in [2.24, 2.45) is 0 Å². The highest BCUT2D eigenvalue weighted by Crippen LogP contribution is 2.27. The first-order valence-electron chi connectivity index (χ1n) is 7.79. The highest BCUT2D eigenvalue weighted by Gasteiger charge is 2.40. The largest absolute Gasteiger partial charge is 0.390 e. The quantitative estimate of drug-likeness (QED) is 0.642. The summed E-state index contributed by atoms with van der Waals surface area (Å²) in [7, 11) is -3.29. The Kier molecular flexibility index (Phi) is 4.73. The Bertz CT molecular complexity index is 852. The maximum absolute atomic E-state index is 11.9. The number of para-hydroxylation sites is 1. The van der Waals surface area contributed by atoms with E-state index in [1.165, 1.54) is 12.1 Å². The predicted octanol–water partition coefficient (Wildman–Crippen LogP) is 1.76. The molecule has 132 valence electrons. The van der Waals surface area contributed by atoms with Crippen molar-refractivity contribution in [2.45, 2.75) is 18.7 Å². The summed E-state index contributed by atoms with van der Waals surface area (Å²) in [6.07, 6.45) is -0.969. The Morgan fingerprint density at radius 3 is 2.24 bits per heavy atom. The molecule has 0 amide bonds. The molecule has 0 aromatic heterocycles. The highest BCUT2D eigenvalue weighted by atomic mass is 32.2. The van der Waals surface area contributed by atoms with Crippen LogP contribution in [0.3, 0.4) is 0 Å². The Hall–Kier alpha value is -2.45. The minimum atomic E-state index is -3.29. The predicted molar refractivity (Wildman–Crippen MR) is 94.2 cm³/mol. The second kappa shape index (κ2) is 6.81. The van der Waals surface area contributed by atoms with E-state index in [2.05, 4.69) is 0 Å². The fourth-order valence-corrected chi connectivity index (χ4v) is 4.85. The van der Waals surface area contributed by atoms with Crippen LogP contribution in [0.4, 0.5) is 11.4 Å². The van der Waals surface area contributed by atoms with Gasteiger partial charge < -0.3 is 10.0 Å². The molecule has 1 fully saturated rings. The second-order valence-corrected chi connectivity index (χ2v) is 8.25. The number of aliphatic hydroxyl groups excluding tert-OH is 1. The van der Waals surface area contributed by atoms with E-state index in [0.29, 0.717) is 6.54 Å². The normalized spacial score (nSPS) is 21.8. The molecule has 0 bridgehead atoms. The van der Waals surface area contributed by atoms with E-state index in [9.17, 15) is 23.6 Å². The van der Waals surface area contributed by atoms with Crippen LogP contribution in [0.25, 0.3) is 0 Å². The Balaban J connectivity index is 1.91. The smallest absolute Gasteiger partial charge is 0.269 e. The monoisotopic (exact) mass is 362 g/mol. The molecule has 25 heavy (non-hydrogen) atoms. The first-order valence-corrected chi connectivity index (χ1v) is 9.61. The summed E-state index contributed by atoms with van der Waals surface area (Å²) in [4.78, 5) is 12.2. The molecule has 0 unspecified atom stereocenters. The molecule has 1 heterocycles. The maximum Gasteiger partial charge on any atom is 0.269 e. The van der Waals surface area contributed by atoms with Gasteiger partial charge in [-0.3, -0.25) is 10.1 Å². The van der Waals surface area contributed by atoms with Gasteiger partial charge in [-0.1, -0.05) is 30.3 Å². The summed E-state index contributed by atoms with van der Waals surface area (Å²) in [5.41, 5.74) is 1.59. The number of benzene rings is 2. The SMILES string of the molecule is O=[N+]([O-])c1ccc(CN(c2ccccc2)[C@@H]2CS(=O)(=O)C[C@H]2O)cc1. The number of non-ortho nitro benzene ring substituents is 1. The standard InChI is InChI=1S/C17H18N2O5S/c20-17-12-25(23,24)11-16(17)18(14-4-2-1-3-5-14)10-13-6-8-15(9-7-13)19(21)22/h1-9,16-17,20H,10-12H2/t16-,17-/m1/s1. The van der Waals surface area contributed by atoms with E-state index in [4.69, 9.17) is 0 Å². The maximum atomic E-state index is 11.9. The Morgan fingerprint density at radius 2 is 1.72 bits per heavy atom. The molecule has 1 N–H and O–H groups in total. The van der Waals surface area contributed by atoms with Crippen molar-refractivity contribution in [3.63, 3.8) is 0 Å². The van der Waals surface area contributed by atoms with Gasteiger partial charge >= 0.3 is 0 Å². The third-order valence-corrected chi connectivity index (χ3v) is 5.98. The highest BCUT2D eigenvalue weighted by molar-refractivity contribution is 7.91. The van der Waals surface area contributed by atoms with Crippen molar-refractivity contribution in [3.05, 3.63) is 70.3 Å². The van der Waals surface area contributed by atoms with Gasteiger partial charge in [0.25, 0.3) is 5.69 Å². The van der Waals surface area contributed by atoms with Crippen molar-refractivity contribution in [2.75, 3.05) is 16.4 Å². The zero-order valence-electron chi connectivity index (χ0n) is 13.4. The number of aliphatic hydroxyl groups is 1. The molecule has 1 aliphatic rings. The number of nitrogens with zero attached hydrogens (tertiary/aromatic N) is 2. The van der Waals surface area contributed by atoms with Gasteiger partial charge in [-0.2, -0.15) is 0 Å². The van der Waals surface area contributed by atoms with Gasteiger partial charge in [0.15, 0.2) is 9.84 Å². The van der Waals surface area contributed by atoms with Gasteiger partial charge in [-0.15, -0.1) is 0 Å². The second-order valence-electron chi connectivity index (χ2n) is 6.10. The lowest BCUT2D eigenvalue weighted by molar-refractivity contribution is -0.384. The summed E-state index contributed by atoms with van der Waals surface area (Å²) in [6.45, 7) is 0.346. The minimum absolute atomic E-state index is 0.00140. The van der Waals surface area contributed by atoms with Crippen molar-refractivity contribution < 1.29 is 18.4 Å². The average Bonchev–Trinajstić information content (AvgIpc) is 2.86. The zero-order chi connectivity index (χ0) is 18.0. The molecule has 8 heteroatoms. The average molecular weight is 362 g/mol. The van der Waals surface area contributed by atoms with Gasteiger partial charge in [0.2, 0.25) is 0 Å². The molecule has 7 nitrogen and oxygen atoms in total. The summed E-state index contributed by atoms with van der Waals surface area (Å²) >= 11 is 0. The molecule has 1 aliphatic heterocycles. The summed E-state index contributed by atoms with van der Waals surface area (Å²) in [5, 5.41) is 21.0. The van der Waals surface area contributed by atoms with Crippen molar-refractivity contribution in [1.82, 2.24) is 0 Å². The molecular weight excluding hydrogens is 344 g/mol. The van der Waals surface area contributed by atoms with Crippen LogP contribution >= 0.6 is 0 Å². The van der Waals surface area contributed by atoms with E-state index < -0.39 is 26.9 Å². The number of hydrogen-bond acceptors (Lipinski definition) is 6. The topological polar surface area (TPSA) is 101 Å². The third kappa shape index (κ3) is 3.97. The zero-order valence-corrected chi connectivity index (χ0v) is 14.2. The van der Waals surface area contributed by atoms with Gasteiger partial charge in [0.1, 0.15) is 0 Å². The number of anilines is 1. The van der Waals surface area contributed by atoms with Gasteiger partial charge in [-0.25, -0.2) is 8.42 Å². The van der Waals surface area contributed by atoms with Crippen molar-refractivity contribution >= 4 is 21.2 Å². The molecule has 3 rings (SSSR count). The lowest BCUT2D eigenvalue weighted by Crippen LogP contribution is -2.42. The summed E-state index contributed by atoms with van der Waals surface area (Å²) in [5.74, 6) is -0.364. The van der Waals surface area contributed by atoms with Gasteiger partial charge in [-0.05, 0) is 17.7 Å². The minimum Gasteiger partial charge on any atom is -0.390 e. The molecule has 2 aromatic carbocycles. The molecule has 0 saturated carbocycles. The molecule has 0 radical (unpaired) electrons. The van der Waals surface area contributed by atoms with E-state index in [-0.39, 0.29) is 17.2 Å². The van der Waals surface area contributed by atoms with Crippen LogP contribution < -0.4 is 4.90 Å². The molecular formula is C17H18N2O5S. The first kappa shape index (κ1) is 17.4. The molecule has 0 aliphatic carbocycles. The van der Waals surface area contributed by atoms with Crippen molar-refractivity contribution in [1.29, 1.82) is 0 Å². The van der Waals surface area contributed by atoms with E-state index in [0.717, 1.165) is 11.3 Å². The van der Waals surface area contributed by atoms with E-state index in [1.807, 2.05) is 35.2 Å². The number of rotatable bonds is 5. The van der Waals surface area contributed by atoms with Crippen LogP contribution in [0.15, 0.2) is 54.6 Å². The van der Waals surface area contributed by atoms with Crippen molar-refractivity contribution in [3.8, 4) is 0 Å². The van der Waals surface area contributed by atoms with Crippen LogP contribution in [0.5, 0.6) is 0 Å². The summed E-state index contributed by atoms with van der Waals surface area (Å²) < 4.78 is 23.8. The number of nitro groups is 1. The first-order chi connectivity index (χ1) is 11.9. The molecule has 1 saturated heterocycles. The Morgan fingerprint density at radius 1 is 1.08 bits per heavy atom. The molecule has 0 spiro atoms. The third-order valence-electron chi connectivity index (χ3n) is 4.28.